The summed E-state index contributed by atoms with van der Waals surface area (Å²) in [5.41, 5.74) is 0. The molecule has 0 aromatic heterocycles. The van der Waals surface area contributed by atoms with E-state index in [0.717, 1.165) is 38.9 Å². The molecule has 0 fully saturated rings. The van der Waals surface area contributed by atoms with Crippen LogP contribution in [0.1, 0.15) is 232 Å². The van der Waals surface area contributed by atoms with Crippen LogP contribution in [-0.2, 0) is 33.3 Å². The van der Waals surface area contributed by atoms with E-state index in [1.807, 2.05) is 0 Å². The lowest BCUT2D eigenvalue weighted by Crippen LogP contribution is -2.24. The molecule has 0 radical (unpaired) electrons. The van der Waals surface area contributed by atoms with Crippen molar-refractivity contribution in [2.45, 2.75) is 244 Å². The van der Waals surface area contributed by atoms with Gasteiger partial charge in [0, 0.05) is 39.3 Å². The fourth-order valence-corrected chi connectivity index (χ4v) is 6.89. The zero-order valence-corrected chi connectivity index (χ0v) is 39.1. The van der Waals surface area contributed by atoms with Crippen LogP contribution in [0.2, 0.25) is 0 Å². The number of aliphatic hydroxyl groups is 2. The lowest BCUT2D eigenvalue weighted by molar-refractivity contribution is -0.141. The SMILES string of the molecule is CCCCCCCCCCCCCCCCOCC(CO)OCCCCC(=O)O.CCCCCCCCCCCCCCCCOCC(CO)OCCCCC(=O)OC. The average molecular weight is 847 g/mol. The van der Waals surface area contributed by atoms with E-state index in [9.17, 15) is 19.8 Å². The number of hydrogen-bond donors (Lipinski definition) is 3. The second-order valence-electron chi connectivity index (χ2n) is 16.6. The Balaban J connectivity index is 0. The van der Waals surface area contributed by atoms with Gasteiger partial charge < -0.3 is 39.0 Å². The third kappa shape index (κ3) is 52.8. The third-order valence-corrected chi connectivity index (χ3v) is 10.8. The number of methoxy groups -OCH3 is 1. The van der Waals surface area contributed by atoms with Crippen LogP contribution in [0.3, 0.4) is 0 Å². The molecule has 0 aromatic carbocycles. The number of carboxylic acid groups (broad SMARTS) is 1. The maximum absolute atomic E-state index is 11.0. The Bertz CT molecular complexity index is 814. The van der Waals surface area contributed by atoms with Crippen LogP contribution in [0, 0.1) is 0 Å². The fraction of sp³-hybridized carbons (Fsp3) is 0.959. The summed E-state index contributed by atoms with van der Waals surface area (Å²) in [6.07, 6.45) is 40.6. The minimum atomic E-state index is -0.778. The Labute approximate surface area is 364 Å². The molecule has 2 unspecified atom stereocenters. The Hall–Kier alpha value is -1.30. The fourth-order valence-electron chi connectivity index (χ4n) is 6.89. The third-order valence-electron chi connectivity index (χ3n) is 10.8. The molecule has 0 aliphatic heterocycles. The van der Waals surface area contributed by atoms with Crippen molar-refractivity contribution in [3.63, 3.8) is 0 Å². The molecule has 0 saturated heterocycles. The molecule has 0 amide bonds. The van der Waals surface area contributed by atoms with Gasteiger partial charge in [-0.05, 0) is 38.5 Å². The first-order valence-electron chi connectivity index (χ1n) is 24.8. The Morgan fingerprint density at radius 1 is 0.407 bits per heavy atom. The van der Waals surface area contributed by atoms with E-state index in [1.165, 1.54) is 174 Å². The second-order valence-corrected chi connectivity index (χ2v) is 16.6. The lowest BCUT2D eigenvalue weighted by atomic mass is 10.0. The van der Waals surface area contributed by atoms with Gasteiger partial charge in [-0.25, -0.2) is 0 Å². The molecule has 2 atom stereocenters. The number of hydrogen-bond acceptors (Lipinski definition) is 9. The highest BCUT2D eigenvalue weighted by Gasteiger charge is 2.09. The summed E-state index contributed by atoms with van der Waals surface area (Å²) >= 11 is 0. The maximum atomic E-state index is 11.0. The highest BCUT2D eigenvalue weighted by Crippen LogP contribution is 2.15. The summed E-state index contributed by atoms with van der Waals surface area (Å²) in [4.78, 5) is 21.4. The number of rotatable bonds is 48. The summed E-state index contributed by atoms with van der Waals surface area (Å²) in [6, 6.07) is 0. The van der Waals surface area contributed by atoms with Crippen LogP contribution in [0.4, 0.5) is 0 Å². The van der Waals surface area contributed by atoms with Gasteiger partial charge in [0.05, 0.1) is 33.5 Å². The van der Waals surface area contributed by atoms with Gasteiger partial charge in [-0.1, -0.05) is 181 Å². The highest BCUT2D eigenvalue weighted by molar-refractivity contribution is 5.69. The molecule has 0 saturated carbocycles. The van der Waals surface area contributed by atoms with Crippen molar-refractivity contribution in [2.75, 3.05) is 60.0 Å². The molecule has 0 aliphatic rings. The number of unbranched alkanes of at least 4 members (excludes halogenated alkanes) is 28. The van der Waals surface area contributed by atoms with Crippen molar-refractivity contribution in [3.8, 4) is 0 Å². The van der Waals surface area contributed by atoms with Gasteiger partial charge in [-0.15, -0.1) is 0 Å². The number of aliphatic carboxylic acids is 1. The Morgan fingerprint density at radius 3 is 0.983 bits per heavy atom. The largest absolute Gasteiger partial charge is 0.481 e. The van der Waals surface area contributed by atoms with Crippen LogP contribution < -0.4 is 0 Å². The standard InChI is InChI=1S/C25H50O5.C24H48O5/c1-3-4-5-6-7-8-9-10-11-12-13-14-15-17-20-29-23-24(22-26)30-21-18-16-19-25(27)28-2;1-2-3-4-5-6-7-8-9-10-11-12-13-14-16-19-28-22-23(21-25)29-20-17-15-18-24(26)27/h24,26H,3-23H2,1-2H3;23,25H,2-22H2,1H3,(H,26,27). The molecule has 10 heteroatoms. The van der Waals surface area contributed by atoms with Gasteiger partial charge in [0.1, 0.15) is 12.2 Å². The van der Waals surface area contributed by atoms with Crippen molar-refractivity contribution < 1.29 is 48.6 Å². The molecule has 3 N–H and O–H groups in total. The minimum Gasteiger partial charge on any atom is -0.481 e. The molecule has 354 valence electrons. The van der Waals surface area contributed by atoms with E-state index in [1.54, 1.807) is 0 Å². The van der Waals surface area contributed by atoms with E-state index in [0.29, 0.717) is 45.7 Å². The van der Waals surface area contributed by atoms with Crippen LogP contribution in [-0.4, -0.2) is 99.4 Å². The second kappa shape index (κ2) is 52.8. The molecule has 10 nitrogen and oxygen atoms in total. The van der Waals surface area contributed by atoms with Crippen molar-refractivity contribution in [2.24, 2.45) is 0 Å². The summed E-state index contributed by atoms with van der Waals surface area (Å²) in [6.45, 7) is 7.76. The number of carbonyl (C=O) groups is 2. The van der Waals surface area contributed by atoms with Gasteiger partial charge in [0.2, 0.25) is 0 Å². The minimum absolute atomic E-state index is 0.0320. The first-order valence-corrected chi connectivity index (χ1v) is 24.8. The van der Waals surface area contributed by atoms with E-state index < -0.39 is 5.97 Å². The molecular formula is C49H98O10. The summed E-state index contributed by atoms with van der Waals surface area (Å²) < 4.78 is 27.0. The van der Waals surface area contributed by atoms with Crippen LogP contribution in [0.15, 0.2) is 0 Å². The van der Waals surface area contributed by atoms with Crippen molar-refractivity contribution in [1.82, 2.24) is 0 Å². The summed E-state index contributed by atoms with van der Waals surface area (Å²) in [5, 5.41) is 27.2. The number of carbonyl (C=O) groups excluding carboxylic acids is 1. The first-order chi connectivity index (χ1) is 28.9. The predicted octanol–water partition coefficient (Wildman–Crippen LogP) is 12.3. The molecular weight excluding hydrogens is 749 g/mol. The highest BCUT2D eigenvalue weighted by atomic mass is 16.5. The van der Waals surface area contributed by atoms with Gasteiger partial charge >= 0.3 is 11.9 Å². The summed E-state index contributed by atoms with van der Waals surface area (Å²) in [7, 11) is 1.40. The zero-order chi connectivity index (χ0) is 43.5. The molecule has 59 heavy (non-hydrogen) atoms. The van der Waals surface area contributed by atoms with Crippen LogP contribution in [0.25, 0.3) is 0 Å². The number of esters is 1. The van der Waals surface area contributed by atoms with Crippen LogP contribution >= 0.6 is 0 Å². The van der Waals surface area contributed by atoms with Gasteiger partial charge in [-0.2, -0.15) is 0 Å². The monoisotopic (exact) mass is 847 g/mol. The van der Waals surface area contributed by atoms with E-state index in [2.05, 4.69) is 18.6 Å². The van der Waals surface area contributed by atoms with E-state index in [-0.39, 0.29) is 37.8 Å². The normalized spacial score (nSPS) is 12.3. The van der Waals surface area contributed by atoms with Crippen molar-refractivity contribution in [3.05, 3.63) is 0 Å². The molecule has 0 bridgehead atoms. The smallest absolute Gasteiger partial charge is 0.305 e. The Morgan fingerprint density at radius 2 is 0.695 bits per heavy atom. The molecule has 0 rings (SSSR count). The Kier molecular flexibility index (Phi) is 53.5. The zero-order valence-electron chi connectivity index (χ0n) is 39.1. The molecule has 0 aliphatic carbocycles. The topological polar surface area (TPSA) is 141 Å². The number of carboxylic acids is 1. The van der Waals surface area contributed by atoms with E-state index >= 15 is 0 Å². The lowest BCUT2D eigenvalue weighted by Gasteiger charge is -2.15. The van der Waals surface area contributed by atoms with Crippen LogP contribution in [0.5, 0.6) is 0 Å². The van der Waals surface area contributed by atoms with E-state index in [4.69, 9.17) is 24.1 Å². The maximum Gasteiger partial charge on any atom is 0.305 e. The van der Waals surface area contributed by atoms with Gasteiger partial charge in [0.25, 0.3) is 0 Å². The molecule has 0 aromatic rings. The van der Waals surface area contributed by atoms with Gasteiger partial charge in [-0.3, -0.25) is 9.59 Å². The van der Waals surface area contributed by atoms with Crippen molar-refractivity contribution >= 4 is 11.9 Å². The first kappa shape index (κ1) is 59.8. The average Bonchev–Trinajstić information content (AvgIpc) is 3.24. The van der Waals surface area contributed by atoms with Gasteiger partial charge in [0.15, 0.2) is 0 Å². The number of ether oxygens (including phenoxy) is 5. The summed E-state index contributed by atoms with van der Waals surface area (Å²) in [5.74, 6) is -0.967. The predicted molar refractivity (Wildman–Crippen MR) is 243 cm³/mol. The molecule has 0 heterocycles. The van der Waals surface area contributed by atoms with Crippen molar-refractivity contribution in [1.29, 1.82) is 0 Å². The quantitative estimate of drug-likeness (QED) is 0.0400. The number of aliphatic hydroxyl groups excluding tert-OH is 2. The molecule has 0 spiro atoms.